The molecule has 0 bridgehead atoms. The van der Waals surface area contributed by atoms with Crippen LogP contribution in [-0.2, 0) is 32.5 Å². The molecule has 22 heavy (non-hydrogen) atoms. The average Bonchev–Trinajstić information content (AvgIpc) is 2.31. The minimum Gasteiger partial charge on any atom is -0.464 e. The van der Waals surface area contributed by atoms with Gasteiger partial charge in [-0.3, -0.25) is 13.8 Å². The molecule has 0 aliphatic rings. The number of phosphoric ester groups is 2. The van der Waals surface area contributed by atoms with Crippen LogP contribution in [0.2, 0.25) is 0 Å². The summed E-state index contributed by atoms with van der Waals surface area (Å²) in [7, 11) is -10.5. The Bertz CT molecular complexity index is 478. The molecule has 0 rings (SSSR count). The maximum absolute atomic E-state index is 11.8. The van der Waals surface area contributed by atoms with Crippen LogP contribution in [0.4, 0.5) is 0 Å². The number of hydrogen-bond acceptors (Lipinski definition) is 7. The van der Waals surface area contributed by atoms with E-state index < -0.39 is 39.6 Å². The maximum atomic E-state index is 11.8. The second-order valence-corrected chi connectivity index (χ2v) is 6.55. The first-order chi connectivity index (χ1) is 9.87. The predicted octanol–water partition coefficient (Wildman–Crippen LogP) is -0.125. The monoisotopic (exact) mass is 364 g/mol. The number of Topliss-reactive ketones (excluding diaryl/α,β-unsaturated/α-hetero) is 1. The molecule has 0 amide bonds. The summed E-state index contributed by atoms with van der Waals surface area (Å²) in [6.07, 6.45) is -3.48. The Balaban J connectivity index is 5.32. The van der Waals surface area contributed by atoms with Crippen molar-refractivity contribution in [2.75, 3.05) is 6.61 Å². The first-order valence-electron chi connectivity index (χ1n) is 6.02. The van der Waals surface area contributed by atoms with Crippen molar-refractivity contribution in [1.82, 2.24) is 0 Å². The molecule has 0 aromatic heterocycles. The van der Waals surface area contributed by atoms with E-state index in [0.29, 0.717) is 12.8 Å². The van der Waals surface area contributed by atoms with E-state index >= 15 is 0 Å². The van der Waals surface area contributed by atoms with Gasteiger partial charge in [0.1, 0.15) is 0 Å². The summed E-state index contributed by atoms with van der Waals surface area (Å²) in [6, 6.07) is 0. The molecule has 2 atom stereocenters. The first-order valence-corrected chi connectivity index (χ1v) is 9.08. The van der Waals surface area contributed by atoms with Crippen molar-refractivity contribution in [3.63, 3.8) is 0 Å². The molecule has 0 fully saturated rings. The standard InChI is InChI=1S/C9H18O11P2/c1-3-4-5-18-9(11)8(20-22(15,16)17)7(6(2)10)19-21(12,13)14/h7-8H,3-5H2,1-2H3,(H2,12,13,14)(H2,15,16,17)/t7-,8+/m0/s1. The van der Waals surface area contributed by atoms with Crippen LogP contribution in [0.3, 0.4) is 0 Å². The highest BCUT2D eigenvalue weighted by Crippen LogP contribution is 2.43. The SMILES string of the molecule is CCCCOC(=O)[C@H](OP(=O)(O)O)[C@@H](OP(=O)(O)O)C(C)=O. The van der Waals surface area contributed by atoms with E-state index in [-0.39, 0.29) is 6.61 Å². The topological polar surface area (TPSA) is 177 Å². The lowest BCUT2D eigenvalue weighted by molar-refractivity contribution is -0.161. The summed E-state index contributed by atoms with van der Waals surface area (Å²) in [5.41, 5.74) is 0. The van der Waals surface area contributed by atoms with Crippen LogP contribution in [0, 0.1) is 0 Å². The minimum atomic E-state index is -5.26. The van der Waals surface area contributed by atoms with Gasteiger partial charge in [-0.1, -0.05) is 13.3 Å². The normalized spacial score (nSPS) is 15.2. The molecular weight excluding hydrogens is 346 g/mol. The van der Waals surface area contributed by atoms with Gasteiger partial charge in [0.25, 0.3) is 0 Å². The summed E-state index contributed by atoms with van der Waals surface area (Å²) < 4.78 is 34.5. The third kappa shape index (κ3) is 9.39. The fourth-order valence-electron chi connectivity index (χ4n) is 1.26. The van der Waals surface area contributed by atoms with Crippen molar-refractivity contribution >= 4 is 27.4 Å². The van der Waals surface area contributed by atoms with Crippen molar-refractivity contribution in [2.24, 2.45) is 0 Å². The lowest BCUT2D eigenvalue weighted by Gasteiger charge is -2.24. The van der Waals surface area contributed by atoms with Gasteiger partial charge in [-0.2, -0.15) is 0 Å². The van der Waals surface area contributed by atoms with Crippen LogP contribution in [0.1, 0.15) is 26.7 Å². The summed E-state index contributed by atoms with van der Waals surface area (Å²) in [5, 5.41) is 0. The Labute approximate surface area is 126 Å². The first kappa shape index (κ1) is 21.4. The van der Waals surface area contributed by atoms with Gasteiger partial charge in [0.05, 0.1) is 6.61 Å². The van der Waals surface area contributed by atoms with Crippen LogP contribution in [0.5, 0.6) is 0 Å². The minimum absolute atomic E-state index is 0.128. The van der Waals surface area contributed by atoms with Crippen LogP contribution < -0.4 is 0 Å². The quantitative estimate of drug-likeness (QED) is 0.231. The highest BCUT2D eigenvalue weighted by molar-refractivity contribution is 7.46. The molecule has 0 unspecified atom stereocenters. The predicted molar refractivity (Wildman–Crippen MR) is 70.4 cm³/mol. The molecule has 130 valence electrons. The summed E-state index contributed by atoms with van der Waals surface area (Å²) >= 11 is 0. The van der Waals surface area contributed by atoms with E-state index in [1.165, 1.54) is 0 Å². The fourth-order valence-corrected chi connectivity index (χ4v) is 2.31. The van der Waals surface area contributed by atoms with E-state index in [2.05, 4.69) is 13.8 Å². The molecule has 0 aromatic carbocycles. The fraction of sp³-hybridized carbons (Fsp3) is 0.778. The molecule has 13 heteroatoms. The van der Waals surface area contributed by atoms with Crippen molar-refractivity contribution in [1.29, 1.82) is 0 Å². The number of ether oxygens (including phenoxy) is 1. The molecule has 4 N–H and O–H groups in total. The zero-order chi connectivity index (χ0) is 17.6. The van der Waals surface area contributed by atoms with Crippen molar-refractivity contribution in [3.8, 4) is 0 Å². The second-order valence-electron chi connectivity index (χ2n) is 4.16. The van der Waals surface area contributed by atoms with Gasteiger partial charge in [-0.15, -0.1) is 0 Å². The van der Waals surface area contributed by atoms with Gasteiger partial charge in [-0.25, -0.2) is 13.9 Å². The second kappa shape index (κ2) is 8.85. The van der Waals surface area contributed by atoms with Crippen LogP contribution >= 0.6 is 15.6 Å². The zero-order valence-corrected chi connectivity index (χ0v) is 13.6. The van der Waals surface area contributed by atoms with Crippen molar-refractivity contribution < 1.29 is 52.1 Å². The number of carbonyl (C=O) groups is 2. The number of carbonyl (C=O) groups excluding carboxylic acids is 2. The third-order valence-electron chi connectivity index (χ3n) is 2.15. The van der Waals surface area contributed by atoms with Gasteiger partial charge in [0.2, 0.25) is 6.10 Å². The molecule has 0 saturated heterocycles. The molecular formula is C9H18O11P2. The smallest absolute Gasteiger partial charge is 0.464 e. The van der Waals surface area contributed by atoms with Crippen LogP contribution in [-0.4, -0.2) is 50.1 Å². The largest absolute Gasteiger partial charge is 0.470 e. The number of unbranched alkanes of at least 4 members (excludes halogenated alkanes) is 1. The van der Waals surface area contributed by atoms with E-state index in [4.69, 9.17) is 19.6 Å². The van der Waals surface area contributed by atoms with E-state index in [0.717, 1.165) is 6.92 Å². The number of phosphoric acid groups is 2. The Hall–Kier alpha value is -0.640. The van der Waals surface area contributed by atoms with Gasteiger partial charge >= 0.3 is 21.6 Å². The van der Waals surface area contributed by atoms with Gasteiger partial charge in [-0.05, 0) is 13.3 Å². The lowest BCUT2D eigenvalue weighted by atomic mass is 10.1. The summed E-state index contributed by atoms with van der Waals surface area (Å²) in [5.74, 6) is -2.47. The van der Waals surface area contributed by atoms with E-state index in [9.17, 15) is 18.7 Å². The van der Waals surface area contributed by atoms with Gasteiger partial charge in [0.15, 0.2) is 11.9 Å². The molecule has 0 radical (unpaired) electrons. The highest BCUT2D eigenvalue weighted by atomic mass is 31.2. The lowest BCUT2D eigenvalue weighted by Crippen LogP contribution is -2.42. The van der Waals surface area contributed by atoms with Crippen LogP contribution in [0.25, 0.3) is 0 Å². The molecule has 0 spiro atoms. The number of hydrogen-bond donors (Lipinski definition) is 4. The average molecular weight is 364 g/mol. The van der Waals surface area contributed by atoms with Gasteiger partial charge in [0, 0.05) is 0 Å². The summed E-state index contributed by atoms with van der Waals surface area (Å²) in [6.45, 7) is 2.46. The van der Waals surface area contributed by atoms with E-state index in [1.807, 2.05) is 0 Å². The Kier molecular flexibility index (Phi) is 8.60. The number of rotatable bonds is 10. The molecule has 0 heterocycles. The molecule has 0 aromatic rings. The number of esters is 1. The third-order valence-corrected chi connectivity index (χ3v) is 3.16. The van der Waals surface area contributed by atoms with Crippen molar-refractivity contribution in [3.05, 3.63) is 0 Å². The summed E-state index contributed by atoms with van der Waals surface area (Å²) in [4.78, 5) is 58.1. The highest BCUT2D eigenvalue weighted by Gasteiger charge is 2.43. The Morgan fingerprint density at radius 1 is 1.00 bits per heavy atom. The molecule has 0 aliphatic carbocycles. The Morgan fingerprint density at radius 3 is 1.82 bits per heavy atom. The maximum Gasteiger partial charge on any atom is 0.470 e. The van der Waals surface area contributed by atoms with E-state index in [1.54, 1.807) is 6.92 Å². The van der Waals surface area contributed by atoms with Crippen LogP contribution in [0.15, 0.2) is 0 Å². The molecule has 0 saturated carbocycles. The van der Waals surface area contributed by atoms with Gasteiger partial charge < -0.3 is 24.3 Å². The zero-order valence-electron chi connectivity index (χ0n) is 11.8. The molecule has 11 nitrogen and oxygen atoms in total. The number of ketones is 1. The Morgan fingerprint density at radius 2 is 1.45 bits per heavy atom. The van der Waals surface area contributed by atoms with Crippen molar-refractivity contribution in [2.45, 2.75) is 38.9 Å². The molecule has 0 aliphatic heterocycles.